The highest BCUT2D eigenvalue weighted by Gasteiger charge is 1.97. The fourth-order valence-corrected chi connectivity index (χ4v) is 2.88. The van der Waals surface area contributed by atoms with Gasteiger partial charge in [0.15, 0.2) is 0 Å². The van der Waals surface area contributed by atoms with Crippen LogP contribution in [0.4, 0.5) is 0 Å². The lowest BCUT2D eigenvalue weighted by Crippen LogP contribution is -2.01. The van der Waals surface area contributed by atoms with E-state index in [1.54, 1.807) is 6.08 Å². The lowest BCUT2D eigenvalue weighted by Gasteiger charge is -2.06. The van der Waals surface area contributed by atoms with Crippen LogP contribution >= 0.6 is 0 Å². The molecule has 160 valence electrons. The molecule has 5 heteroatoms. The van der Waals surface area contributed by atoms with Gasteiger partial charge < -0.3 is 14.6 Å². The maximum Gasteiger partial charge on any atom is 0.330 e. The third-order valence-corrected chi connectivity index (χ3v) is 4.52. The zero-order chi connectivity index (χ0) is 21.2. The van der Waals surface area contributed by atoms with Gasteiger partial charge in [-0.2, -0.15) is 0 Å². The monoisotopic (exact) mass is 402 g/mol. The number of carboxylic acids is 1. The fourth-order valence-electron chi connectivity index (χ4n) is 2.88. The standard InChI is InChI=1S/C24H34O5/c1-2-24(27)29-20-12-10-8-6-4-3-5-7-9-11-19-28-22-16-13-21(14-17-22)15-18-23(25)26/h2,13-18H,1,3-12,19-20H2,(H,25,26)/b18-15+. The molecule has 1 N–H and O–H groups in total. The Morgan fingerprint density at radius 1 is 0.828 bits per heavy atom. The Hall–Kier alpha value is -2.56. The van der Waals surface area contributed by atoms with E-state index in [4.69, 9.17) is 14.6 Å². The second kappa shape index (κ2) is 16.4. The number of carboxylic acid groups (broad SMARTS) is 1. The van der Waals surface area contributed by atoms with E-state index < -0.39 is 5.97 Å². The van der Waals surface area contributed by atoms with E-state index in [-0.39, 0.29) is 5.97 Å². The molecule has 0 aliphatic rings. The van der Waals surface area contributed by atoms with E-state index in [2.05, 4.69) is 6.58 Å². The molecule has 0 bridgehead atoms. The number of benzene rings is 1. The van der Waals surface area contributed by atoms with Crippen LogP contribution in [0.2, 0.25) is 0 Å². The molecular weight excluding hydrogens is 368 g/mol. The average molecular weight is 403 g/mol. The minimum Gasteiger partial charge on any atom is -0.494 e. The summed E-state index contributed by atoms with van der Waals surface area (Å²) in [4.78, 5) is 21.4. The molecule has 0 atom stereocenters. The Kier molecular flexibility index (Phi) is 13.8. The first-order valence-corrected chi connectivity index (χ1v) is 10.5. The van der Waals surface area contributed by atoms with E-state index in [1.807, 2.05) is 24.3 Å². The van der Waals surface area contributed by atoms with Gasteiger partial charge in [0.2, 0.25) is 0 Å². The van der Waals surface area contributed by atoms with Crippen molar-refractivity contribution < 1.29 is 24.2 Å². The zero-order valence-corrected chi connectivity index (χ0v) is 17.3. The summed E-state index contributed by atoms with van der Waals surface area (Å²) in [6.07, 6.45) is 15.6. The minimum absolute atomic E-state index is 0.335. The Morgan fingerprint density at radius 2 is 1.34 bits per heavy atom. The molecule has 0 radical (unpaired) electrons. The van der Waals surface area contributed by atoms with Crippen LogP contribution < -0.4 is 4.74 Å². The molecule has 5 nitrogen and oxygen atoms in total. The van der Waals surface area contributed by atoms with Gasteiger partial charge in [-0.25, -0.2) is 9.59 Å². The van der Waals surface area contributed by atoms with E-state index in [0.29, 0.717) is 13.2 Å². The summed E-state index contributed by atoms with van der Waals surface area (Å²) in [7, 11) is 0. The summed E-state index contributed by atoms with van der Waals surface area (Å²) in [6.45, 7) is 4.58. The minimum atomic E-state index is -0.950. The normalized spacial score (nSPS) is 10.8. The lowest BCUT2D eigenvalue weighted by molar-refractivity contribution is -0.138. The fraction of sp³-hybridized carbons (Fsp3) is 0.500. The van der Waals surface area contributed by atoms with Crippen molar-refractivity contribution in [3.63, 3.8) is 0 Å². The Bertz CT molecular complexity index is 619. The van der Waals surface area contributed by atoms with E-state index in [9.17, 15) is 9.59 Å². The molecule has 29 heavy (non-hydrogen) atoms. The van der Waals surface area contributed by atoms with Crippen LogP contribution in [0.5, 0.6) is 5.75 Å². The third-order valence-electron chi connectivity index (χ3n) is 4.52. The van der Waals surface area contributed by atoms with Crippen LogP contribution in [-0.4, -0.2) is 30.3 Å². The average Bonchev–Trinajstić information content (AvgIpc) is 2.73. The number of hydrogen-bond acceptors (Lipinski definition) is 4. The largest absolute Gasteiger partial charge is 0.494 e. The quantitative estimate of drug-likeness (QED) is 0.203. The van der Waals surface area contributed by atoms with Gasteiger partial charge in [0.05, 0.1) is 13.2 Å². The van der Waals surface area contributed by atoms with Gasteiger partial charge in [-0.05, 0) is 36.6 Å². The third kappa shape index (κ3) is 14.1. The molecule has 1 rings (SSSR count). The lowest BCUT2D eigenvalue weighted by atomic mass is 10.1. The van der Waals surface area contributed by atoms with E-state index in [0.717, 1.165) is 36.7 Å². The molecule has 0 aromatic heterocycles. The van der Waals surface area contributed by atoms with Crippen LogP contribution in [-0.2, 0) is 14.3 Å². The topological polar surface area (TPSA) is 72.8 Å². The first-order valence-electron chi connectivity index (χ1n) is 10.5. The van der Waals surface area contributed by atoms with Gasteiger partial charge in [-0.15, -0.1) is 0 Å². The first kappa shape index (κ1) is 24.5. The molecular formula is C24H34O5. The van der Waals surface area contributed by atoms with Crippen molar-refractivity contribution in [3.05, 3.63) is 48.6 Å². The van der Waals surface area contributed by atoms with Crippen LogP contribution in [0.1, 0.15) is 69.8 Å². The molecule has 0 saturated carbocycles. The summed E-state index contributed by atoms with van der Waals surface area (Å²) >= 11 is 0. The summed E-state index contributed by atoms with van der Waals surface area (Å²) in [5.74, 6) is -0.468. The molecule has 0 saturated heterocycles. The maximum atomic E-state index is 10.9. The number of hydrogen-bond donors (Lipinski definition) is 1. The van der Waals surface area contributed by atoms with Gasteiger partial charge in [0, 0.05) is 12.2 Å². The summed E-state index contributed by atoms with van der Waals surface area (Å²) < 4.78 is 10.7. The molecule has 0 aliphatic carbocycles. The Labute approximate surface area is 174 Å². The van der Waals surface area contributed by atoms with Crippen molar-refractivity contribution in [3.8, 4) is 5.75 Å². The van der Waals surface area contributed by atoms with Gasteiger partial charge in [-0.3, -0.25) is 0 Å². The molecule has 0 fully saturated rings. The highest BCUT2D eigenvalue weighted by atomic mass is 16.5. The number of esters is 1. The van der Waals surface area contributed by atoms with Crippen LogP contribution in [0.25, 0.3) is 6.08 Å². The summed E-state index contributed by atoms with van der Waals surface area (Å²) in [5.41, 5.74) is 0.843. The van der Waals surface area contributed by atoms with E-state index in [1.165, 1.54) is 51.0 Å². The van der Waals surface area contributed by atoms with Crippen LogP contribution in [0, 0.1) is 0 Å². The van der Waals surface area contributed by atoms with Crippen molar-refractivity contribution in [2.75, 3.05) is 13.2 Å². The predicted molar refractivity (Wildman–Crippen MR) is 116 cm³/mol. The highest BCUT2D eigenvalue weighted by molar-refractivity contribution is 5.85. The Balaban J connectivity index is 1.89. The molecule has 0 spiro atoms. The molecule has 0 unspecified atom stereocenters. The van der Waals surface area contributed by atoms with Gasteiger partial charge in [-0.1, -0.05) is 70.1 Å². The van der Waals surface area contributed by atoms with Gasteiger partial charge in [0.1, 0.15) is 5.75 Å². The van der Waals surface area contributed by atoms with Crippen LogP contribution in [0.15, 0.2) is 43.0 Å². The molecule has 1 aromatic rings. The number of aliphatic carboxylic acids is 1. The SMILES string of the molecule is C=CC(=O)OCCCCCCCCCCCCOc1ccc(/C=C/C(=O)O)cc1. The summed E-state index contributed by atoms with van der Waals surface area (Å²) in [6, 6.07) is 7.43. The smallest absolute Gasteiger partial charge is 0.330 e. The first-order chi connectivity index (χ1) is 14.1. The number of unbranched alkanes of at least 4 members (excludes halogenated alkanes) is 9. The zero-order valence-electron chi connectivity index (χ0n) is 17.3. The summed E-state index contributed by atoms with van der Waals surface area (Å²) in [5, 5.41) is 8.61. The highest BCUT2D eigenvalue weighted by Crippen LogP contribution is 2.15. The predicted octanol–water partition coefficient (Wildman–Crippen LogP) is 5.79. The van der Waals surface area contributed by atoms with Crippen molar-refractivity contribution in [1.82, 2.24) is 0 Å². The number of ether oxygens (including phenoxy) is 2. The molecule has 0 heterocycles. The van der Waals surface area contributed by atoms with Crippen molar-refractivity contribution >= 4 is 18.0 Å². The van der Waals surface area contributed by atoms with Crippen molar-refractivity contribution in [2.45, 2.75) is 64.2 Å². The van der Waals surface area contributed by atoms with Crippen LogP contribution in [0.3, 0.4) is 0 Å². The van der Waals surface area contributed by atoms with Gasteiger partial charge in [0.25, 0.3) is 0 Å². The molecule has 0 amide bonds. The molecule has 1 aromatic carbocycles. The number of carbonyl (C=O) groups is 2. The maximum absolute atomic E-state index is 10.9. The van der Waals surface area contributed by atoms with Gasteiger partial charge >= 0.3 is 11.9 Å². The molecule has 0 aliphatic heterocycles. The number of rotatable bonds is 17. The Morgan fingerprint density at radius 3 is 1.86 bits per heavy atom. The second-order valence-corrected chi connectivity index (χ2v) is 7.00. The number of carbonyl (C=O) groups excluding carboxylic acids is 1. The second-order valence-electron chi connectivity index (χ2n) is 7.00. The van der Waals surface area contributed by atoms with Crippen molar-refractivity contribution in [1.29, 1.82) is 0 Å². The van der Waals surface area contributed by atoms with Crippen molar-refractivity contribution in [2.24, 2.45) is 0 Å². The van der Waals surface area contributed by atoms with E-state index >= 15 is 0 Å².